The Labute approximate surface area is 126 Å². The summed E-state index contributed by atoms with van der Waals surface area (Å²) in [5.41, 5.74) is 0.998. The molecular weight excluding hydrogens is 379 g/mol. The highest BCUT2D eigenvalue weighted by Crippen LogP contribution is 2.19. The molecular formula is C12H9IN2O3S. The van der Waals surface area contributed by atoms with E-state index in [1.54, 1.807) is 23.6 Å². The quantitative estimate of drug-likeness (QED) is 0.702. The van der Waals surface area contributed by atoms with Gasteiger partial charge in [-0.25, -0.2) is 9.59 Å². The monoisotopic (exact) mass is 388 g/mol. The van der Waals surface area contributed by atoms with Gasteiger partial charge in [0, 0.05) is 8.95 Å². The Morgan fingerprint density at radius 2 is 2.00 bits per heavy atom. The lowest BCUT2D eigenvalue weighted by atomic mass is 10.2. The Balaban J connectivity index is 2.14. The number of thiophene rings is 1. The van der Waals surface area contributed by atoms with Crippen LogP contribution < -0.4 is 10.6 Å². The third kappa shape index (κ3) is 3.67. The van der Waals surface area contributed by atoms with Crippen LogP contribution in [0.1, 0.15) is 10.4 Å². The van der Waals surface area contributed by atoms with Crippen LogP contribution in [0.2, 0.25) is 0 Å². The summed E-state index contributed by atoms with van der Waals surface area (Å²) in [6, 6.07) is 6.09. The minimum absolute atomic E-state index is 0.0624. The van der Waals surface area contributed by atoms with Gasteiger partial charge in [0.25, 0.3) is 0 Å². The van der Waals surface area contributed by atoms with Crippen LogP contribution in [-0.4, -0.2) is 17.1 Å². The fourth-order valence-corrected chi connectivity index (χ4v) is 2.50. The van der Waals surface area contributed by atoms with Crippen LogP contribution >= 0.6 is 33.9 Å². The van der Waals surface area contributed by atoms with Crippen LogP contribution in [0.25, 0.3) is 0 Å². The summed E-state index contributed by atoms with van der Waals surface area (Å²) in [5.74, 6) is -1.08. The number of carbonyl (C=O) groups is 2. The fraction of sp³-hybridized carbons (Fsp3) is 0. The smallest absolute Gasteiger partial charge is 0.337 e. The van der Waals surface area contributed by atoms with E-state index >= 15 is 0 Å². The van der Waals surface area contributed by atoms with Gasteiger partial charge in [0.2, 0.25) is 0 Å². The average molecular weight is 388 g/mol. The zero-order chi connectivity index (χ0) is 13.8. The number of carboxylic acids is 1. The zero-order valence-electron chi connectivity index (χ0n) is 9.51. The van der Waals surface area contributed by atoms with Gasteiger partial charge in [0.15, 0.2) is 0 Å². The van der Waals surface area contributed by atoms with Gasteiger partial charge in [-0.15, -0.1) is 0 Å². The van der Waals surface area contributed by atoms with E-state index in [0.717, 1.165) is 3.57 Å². The first-order valence-corrected chi connectivity index (χ1v) is 7.21. The van der Waals surface area contributed by atoms with Gasteiger partial charge >= 0.3 is 12.0 Å². The van der Waals surface area contributed by atoms with Crippen molar-refractivity contribution in [3.8, 4) is 0 Å². The maximum absolute atomic E-state index is 11.7. The Bertz CT molecular complexity index is 613. The molecule has 0 aliphatic carbocycles. The van der Waals surface area contributed by atoms with Crippen molar-refractivity contribution in [1.29, 1.82) is 0 Å². The molecule has 0 aliphatic heterocycles. The molecule has 98 valence electrons. The van der Waals surface area contributed by atoms with Crippen molar-refractivity contribution in [1.82, 2.24) is 0 Å². The lowest BCUT2D eigenvalue weighted by Crippen LogP contribution is -2.20. The number of benzene rings is 1. The molecule has 1 aromatic heterocycles. The number of urea groups is 1. The number of hydrogen-bond donors (Lipinski definition) is 3. The van der Waals surface area contributed by atoms with Gasteiger partial charge < -0.3 is 15.7 Å². The number of rotatable bonds is 3. The molecule has 0 aliphatic rings. The first-order chi connectivity index (χ1) is 9.06. The van der Waals surface area contributed by atoms with Crippen molar-refractivity contribution in [2.75, 3.05) is 10.6 Å². The molecule has 0 saturated heterocycles. The molecule has 0 saturated carbocycles. The number of nitrogens with one attached hydrogen (secondary N) is 2. The van der Waals surface area contributed by atoms with Crippen LogP contribution in [0.4, 0.5) is 16.2 Å². The fourth-order valence-electron chi connectivity index (χ4n) is 1.42. The van der Waals surface area contributed by atoms with Gasteiger partial charge in [-0.05, 0) is 52.2 Å². The van der Waals surface area contributed by atoms with Gasteiger partial charge in [0.1, 0.15) is 0 Å². The second-order valence-electron chi connectivity index (χ2n) is 3.59. The third-order valence-electron chi connectivity index (χ3n) is 2.24. The van der Waals surface area contributed by atoms with Crippen molar-refractivity contribution in [2.45, 2.75) is 0 Å². The van der Waals surface area contributed by atoms with E-state index in [1.807, 2.05) is 28.0 Å². The highest BCUT2D eigenvalue weighted by atomic mass is 127. The van der Waals surface area contributed by atoms with Crippen molar-refractivity contribution in [3.63, 3.8) is 0 Å². The van der Waals surface area contributed by atoms with Crippen molar-refractivity contribution in [3.05, 3.63) is 44.2 Å². The van der Waals surface area contributed by atoms with Gasteiger partial charge in [-0.2, -0.15) is 11.3 Å². The molecule has 1 aromatic carbocycles. The summed E-state index contributed by atoms with van der Waals surface area (Å²) in [7, 11) is 0. The lowest BCUT2D eigenvalue weighted by Gasteiger charge is -2.09. The number of halogens is 1. The molecule has 0 fully saturated rings. The predicted molar refractivity (Wildman–Crippen MR) is 83.1 cm³/mol. The molecule has 3 N–H and O–H groups in total. The molecule has 0 radical (unpaired) electrons. The van der Waals surface area contributed by atoms with E-state index in [2.05, 4.69) is 10.6 Å². The highest BCUT2D eigenvalue weighted by Gasteiger charge is 2.13. The van der Waals surface area contributed by atoms with Crippen molar-refractivity contribution in [2.24, 2.45) is 0 Å². The molecule has 1 heterocycles. The van der Waals surface area contributed by atoms with E-state index in [1.165, 1.54) is 17.4 Å². The molecule has 2 amide bonds. The van der Waals surface area contributed by atoms with Gasteiger partial charge in [-0.3, -0.25) is 0 Å². The Hall–Kier alpha value is -1.61. The zero-order valence-corrected chi connectivity index (χ0v) is 12.5. The molecule has 0 spiro atoms. The molecule has 19 heavy (non-hydrogen) atoms. The summed E-state index contributed by atoms with van der Waals surface area (Å²) in [6.07, 6.45) is 0. The van der Waals surface area contributed by atoms with E-state index in [-0.39, 0.29) is 11.3 Å². The average Bonchev–Trinajstić information content (AvgIpc) is 2.83. The second-order valence-corrected chi connectivity index (χ2v) is 5.61. The summed E-state index contributed by atoms with van der Waals surface area (Å²) in [4.78, 5) is 22.8. The topological polar surface area (TPSA) is 78.4 Å². The normalized spacial score (nSPS) is 9.95. The molecule has 0 atom stereocenters. The maximum Gasteiger partial charge on any atom is 0.337 e. The van der Waals surface area contributed by atoms with Gasteiger partial charge in [0.05, 0.1) is 16.9 Å². The van der Waals surface area contributed by atoms with Crippen molar-refractivity contribution >= 4 is 57.3 Å². The third-order valence-corrected chi connectivity index (χ3v) is 3.59. The summed E-state index contributed by atoms with van der Waals surface area (Å²) in [5, 5.41) is 17.9. The van der Waals surface area contributed by atoms with E-state index in [9.17, 15) is 9.59 Å². The molecule has 2 rings (SSSR count). The summed E-state index contributed by atoms with van der Waals surface area (Å²) in [6.45, 7) is 0. The first kappa shape index (κ1) is 13.8. The predicted octanol–water partition coefficient (Wildman–Crippen LogP) is 3.69. The molecule has 5 nitrogen and oxygen atoms in total. The largest absolute Gasteiger partial charge is 0.478 e. The molecule has 0 unspecified atom stereocenters. The summed E-state index contributed by atoms with van der Waals surface area (Å²) >= 11 is 3.48. The first-order valence-electron chi connectivity index (χ1n) is 5.19. The van der Waals surface area contributed by atoms with E-state index < -0.39 is 12.0 Å². The van der Waals surface area contributed by atoms with Gasteiger partial charge in [-0.1, -0.05) is 0 Å². The Morgan fingerprint density at radius 1 is 1.21 bits per heavy atom. The minimum atomic E-state index is -1.08. The van der Waals surface area contributed by atoms with E-state index in [0.29, 0.717) is 5.69 Å². The number of anilines is 2. The van der Waals surface area contributed by atoms with Crippen LogP contribution in [0.3, 0.4) is 0 Å². The van der Waals surface area contributed by atoms with Crippen LogP contribution in [0, 0.1) is 3.57 Å². The number of aromatic carboxylic acids is 1. The molecule has 2 aromatic rings. The van der Waals surface area contributed by atoms with E-state index in [4.69, 9.17) is 5.11 Å². The number of carbonyl (C=O) groups excluding carboxylic acids is 1. The molecule has 0 bridgehead atoms. The number of carboxylic acid groups (broad SMARTS) is 1. The number of amides is 2. The maximum atomic E-state index is 11.7. The minimum Gasteiger partial charge on any atom is -0.478 e. The Morgan fingerprint density at radius 3 is 2.63 bits per heavy atom. The molecule has 7 heteroatoms. The highest BCUT2D eigenvalue weighted by molar-refractivity contribution is 14.1. The Kier molecular flexibility index (Phi) is 4.38. The SMILES string of the molecule is O=C(Nc1ccsc1)Nc1ccc(I)cc1C(=O)O. The lowest BCUT2D eigenvalue weighted by molar-refractivity contribution is 0.0698. The summed E-state index contributed by atoms with van der Waals surface area (Å²) < 4.78 is 0.791. The van der Waals surface area contributed by atoms with Crippen LogP contribution in [0.5, 0.6) is 0 Å². The standard InChI is InChI=1S/C12H9IN2O3S/c13-7-1-2-10(9(5-7)11(16)17)15-12(18)14-8-3-4-19-6-8/h1-6H,(H,16,17)(H2,14,15,18). The van der Waals surface area contributed by atoms with Crippen molar-refractivity contribution < 1.29 is 14.7 Å². The number of hydrogen-bond acceptors (Lipinski definition) is 3. The van der Waals surface area contributed by atoms with Crippen LogP contribution in [0.15, 0.2) is 35.0 Å². The second kappa shape index (κ2) is 6.02. The van der Waals surface area contributed by atoms with Crippen LogP contribution in [-0.2, 0) is 0 Å².